The van der Waals surface area contributed by atoms with Crippen molar-refractivity contribution in [2.24, 2.45) is 0 Å². The fraction of sp³-hybridized carbons (Fsp3) is 0.500. The summed E-state index contributed by atoms with van der Waals surface area (Å²) >= 11 is 0. The van der Waals surface area contributed by atoms with E-state index in [-0.39, 0.29) is 0 Å². The first-order chi connectivity index (χ1) is 15.7. The number of benzene rings is 2. The van der Waals surface area contributed by atoms with Crippen LogP contribution in [0, 0.1) is 0 Å². The van der Waals surface area contributed by atoms with Gasteiger partial charge >= 0.3 is 6.09 Å². The van der Waals surface area contributed by atoms with Gasteiger partial charge in [-0.15, -0.1) is 0 Å². The summed E-state index contributed by atoms with van der Waals surface area (Å²) in [5.74, 6) is 0. The van der Waals surface area contributed by atoms with Crippen molar-refractivity contribution in [1.29, 1.82) is 0 Å². The average molecular weight is 455 g/mol. The minimum absolute atomic E-state index is 0.435. The number of ether oxygens (including phenoxy) is 1. The zero-order valence-electron chi connectivity index (χ0n) is 20.0. The predicted octanol–water partition coefficient (Wildman–Crippen LogP) is 2.88. The second-order valence-electron chi connectivity index (χ2n) is 9.83. The van der Waals surface area contributed by atoms with Crippen LogP contribution >= 0.6 is 0 Å². The number of nitrogens with zero attached hydrogens (tertiary/aromatic N) is 2. The fourth-order valence-electron chi connectivity index (χ4n) is 4.01. The highest BCUT2D eigenvalue weighted by Gasteiger charge is 2.28. The Labute approximate surface area is 197 Å². The molecule has 0 saturated carbocycles. The van der Waals surface area contributed by atoms with Gasteiger partial charge in [0.2, 0.25) is 0 Å². The zero-order valence-corrected chi connectivity index (χ0v) is 20.0. The van der Waals surface area contributed by atoms with Crippen molar-refractivity contribution >= 4 is 11.8 Å². The average Bonchev–Trinajstić information content (AvgIpc) is 2.75. The Morgan fingerprint density at radius 1 is 1.00 bits per heavy atom. The second kappa shape index (κ2) is 11.5. The number of carbonyl (C=O) groups excluding carboxylic acids is 1. The molecule has 7 heteroatoms. The SMILES string of the molecule is CC(C)(C)OC(=O)N[C@@H](Cc1ccccc1)[C@H](O)CN1CCN(Cc2ccc(N)cc2)CC1. The molecule has 1 fully saturated rings. The smallest absolute Gasteiger partial charge is 0.407 e. The van der Waals surface area contributed by atoms with Crippen LogP contribution in [0.15, 0.2) is 54.6 Å². The first-order valence-electron chi connectivity index (χ1n) is 11.7. The largest absolute Gasteiger partial charge is 0.444 e. The number of amides is 1. The first-order valence-corrected chi connectivity index (χ1v) is 11.7. The van der Waals surface area contributed by atoms with Gasteiger partial charge in [0.15, 0.2) is 0 Å². The lowest BCUT2D eigenvalue weighted by Crippen LogP contribution is -2.53. The van der Waals surface area contributed by atoms with Crippen LogP contribution in [0.5, 0.6) is 0 Å². The number of nitrogen functional groups attached to an aromatic ring is 1. The summed E-state index contributed by atoms with van der Waals surface area (Å²) in [5, 5.41) is 14.0. The highest BCUT2D eigenvalue weighted by Crippen LogP contribution is 2.14. The van der Waals surface area contributed by atoms with Gasteiger partial charge in [-0.3, -0.25) is 9.80 Å². The van der Waals surface area contributed by atoms with Crippen molar-refractivity contribution in [2.75, 3.05) is 38.5 Å². The molecular formula is C26H38N4O3. The number of aliphatic hydroxyl groups is 1. The van der Waals surface area contributed by atoms with E-state index in [1.54, 1.807) is 0 Å². The number of alkyl carbamates (subject to hydrolysis) is 1. The number of rotatable bonds is 8. The van der Waals surface area contributed by atoms with Crippen molar-refractivity contribution in [3.8, 4) is 0 Å². The number of carbonyl (C=O) groups is 1. The molecule has 33 heavy (non-hydrogen) atoms. The van der Waals surface area contributed by atoms with Crippen molar-refractivity contribution < 1.29 is 14.6 Å². The Morgan fingerprint density at radius 3 is 2.21 bits per heavy atom. The molecule has 0 bridgehead atoms. The molecule has 4 N–H and O–H groups in total. The summed E-state index contributed by atoms with van der Waals surface area (Å²) in [6.45, 7) is 10.5. The quantitative estimate of drug-likeness (QED) is 0.532. The van der Waals surface area contributed by atoms with Crippen LogP contribution in [0.25, 0.3) is 0 Å². The van der Waals surface area contributed by atoms with Crippen molar-refractivity contribution in [1.82, 2.24) is 15.1 Å². The summed E-state index contributed by atoms with van der Waals surface area (Å²) in [4.78, 5) is 17.1. The molecule has 1 aliphatic rings. The van der Waals surface area contributed by atoms with Crippen LogP contribution in [0.2, 0.25) is 0 Å². The predicted molar refractivity (Wildman–Crippen MR) is 132 cm³/mol. The summed E-state index contributed by atoms with van der Waals surface area (Å²) in [6, 6.07) is 17.5. The Kier molecular flexibility index (Phi) is 8.72. The molecule has 1 saturated heterocycles. The lowest BCUT2D eigenvalue weighted by Gasteiger charge is -2.37. The monoisotopic (exact) mass is 454 g/mol. The third-order valence-electron chi connectivity index (χ3n) is 5.76. The molecule has 2 aromatic carbocycles. The molecule has 0 aliphatic carbocycles. The topological polar surface area (TPSA) is 91.1 Å². The van der Waals surface area contributed by atoms with Crippen molar-refractivity contribution in [2.45, 2.75) is 51.5 Å². The van der Waals surface area contributed by atoms with E-state index < -0.39 is 23.8 Å². The van der Waals surface area contributed by atoms with E-state index in [1.165, 1.54) is 5.56 Å². The van der Waals surface area contributed by atoms with E-state index >= 15 is 0 Å². The van der Waals surface area contributed by atoms with Gasteiger partial charge in [0.1, 0.15) is 5.60 Å². The molecule has 1 amide bonds. The molecule has 3 rings (SSSR count). The molecule has 0 radical (unpaired) electrons. The number of hydrogen-bond donors (Lipinski definition) is 3. The van der Waals surface area contributed by atoms with E-state index in [9.17, 15) is 9.90 Å². The molecule has 2 aromatic rings. The third kappa shape index (κ3) is 8.68. The number of aliphatic hydroxyl groups excluding tert-OH is 1. The number of β-amino-alcohol motifs (C(OH)–C–C–N with tert-alkyl or cyclic N) is 1. The molecule has 0 unspecified atom stereocenters. The third-order valence-corrected chi connectivity index (χ3v) is 5.76. The van der Waals surface area contributed by atoms with E-state index in [0.717, 1.165) is 44.0 Å². The van der Waals surface area contributed by atoms with Gasteiger partial charge < -0.3 is 20.9 Å². The van der Waals surface area contributed by atoms with E-state index in [0.29, 0.717) is 13.0 Å². The molecule has 0 aromatic heterocycles. The maximum Gasteiger partial charge on any atom is 0.407 e. The van der Waals surface area contributed by atoms with Crippen LogP contribution in [-0.4, -0.2) is 71.5 Å². The minimum atomic E-state index is -0.707. The fourth-order valence-corrected chi connectivity index (χ4v) is 4.01. The van der Waals surface area contributed by atoms with Gasteiger partial charge in [-0.1, -0.05) is 42.5 Å². The molecule has 1 aliphatic heterocycles. The Balaban J connectivity index is 1.54. The minimum Gasteiger partial charge on any atom is -0.444 e. The van der Waals surface area contributed by atoms with E-state index in [1.807, 2.05) is 63.2 Å². The van der Waals surface area contributed by atoms with Gasteiger partial charge in [0.25, 0.3) is 0 Å². The summed E-state index contributed by atoms with van der Waals surface area (Å²) < 4.78 is 5.43. The molecule has 1 heterocycles. The number of hydrogen-bond acceptors (Lipinski definition) is 6. The Hall–Kier alpha value is -2.61. The van der Waals surface area contributed by atoms with Gasteiger partial charge in [-0.25, -0.2) is 4.79 Å². The molecular weight excluding hydrogens is 416 g/mol. The number of anilines is 1. The highest BCUT2D eigenvalue weighted by molar-refractivity contribution is 5.68. The van der Waals surface area contributed by atoms with Crippen LogP contribution < -0.4 is 11.1 Å². The van der Waals surface area contributed by atoms with Crippen LogP contribution in [-0.2, 0) is 17.7 Å². The van der Waals surface area contributed by atoms with Gasteiger partial charge in [-0.2, -0.15) is 0 Å². The summed E-state index contributed by atoms with van der Waals surface area (Å²) in [5.41, 5.74) is 8.28. The van der Waals surface area contributed by atoms with Gasteiger partial charge in [0.05, 0.1) is 12.1 Å². The standard InChI is InChI=1S/C26H38N4O3/c1-26(2,3)33-25(32)28-23(17-20-7-5-4-6-8-20)24(31)19-30-15-13-29(14-16-30)18-21-9-11-22(27)12-10-21/h4-12,23-24,31H,13-19,27H2,1-3H3,(H,28,32)/t23-,24+/m0/s1. The highest BCUT2D eigenvalue weighted by atomic mass is 16.6. The molecule has 7 nitrogen and oxygen atoms in total. The summed E-state index contributed by atoms with van der Waals surface area (Å²) in [6.07, 6.45) is -0.671. The zero-order chi connectivity index (χ0) is 23.8. The number of nitrogens with two attached hydrogens (primary N) is 1. The second-order valence-corrected chi connectivity index (χ2v) is 9.83. The molecule has 0 spiro atoms. The van der Waals surface area contributed by atoms with Gasteiger partial charge in [-0.05, 0) is 50.5 Å². The lowest BCUT2D eigenvalue weighted by molar-refractivity contribution is 0.0299. The maximum atomic E-state index is 12.4. The molecule has 180 valence electrons. The van der Waals surface area contributed by atoms with Gasteiger partial charge in [0, 0.05) is 45.0 Å². The van der Waals surface area contributed by atoms with Crippen molar-refractivity contribution in [3.63, 3.8) is 0 Å². The van der Waals surface area contributed by atoms with E-state index in [4.69, 9.17) is 10.5 Å². The number of piperazine rings is 1. The first kappa shape index (κ1) is 25.0. The lowest BCUT2D eigenvalue weighted by atomic mass is 10.0. The Bertz CT molecular complexity index is 859. The normalized spacial score (nSPS) is 17.3. The Morgan fingerprint density at radius 2 is 1.61 bits per heavy atom. The number of nitrogens with one attached hydrogen (secondary N) is 1. The van der Waals surface area contributed by atoms with E-state index in [2.05, 4.69) is 27.2 Å². The van der Waals surface area contributed by atoms with Crippen LogP contribution in [0.1, 0.15) is 31.9 Å². The van der Waals surface area contributed by atoms with Crippen LogP contribution in [0.4, 0.5) is 10.5 Å². The maximum absolute atomic E-state index is 12.4. The molecule has 2 atom stereocenters. The van der Waals surface area contributed by atoms with Crippen molar-refractivity contribution in [3.05, 3.63) is 65.7 Å². The summed E-state index contributed by atoms with van der Waals surface area (Å²) in [7, 11) is 0. The van der Waals surface area contributed by atoms with Crippen LogP contribution in [0.3, 0.4) is 0 Å².